The van der Waals surface area contributed by atoms with Crippen LogP contribution in [0.1, 0.15) is 30.1 Å². The maximum Gasteiger partial charge on any atom is 0.118 e. The van der Waals surface area contributed by atoms with Crippen molar-refractivity contribution in [1.82, 2.24) is 4.90 Å². The van der Waals surface area contributed by atoms with E-state index in [0.29, 0.717) is 6.54 Å². The number of likely N-dealkylation sites (tertiary alicyclic amines) is 1. The molecule has 3 nitrogen and oxygen atoms in total. The van der Waals surface area contributed by atoms with Crippen LogP contribution in [0, 0.1) is 0 Å². The zero-order chi connectivity index (χ0) is 14.8. The van der Waals surface area contributed by atoms with E-state index >= 15 is 0 Å². The van der Waals surface area contributed by atoms with E-state index < -0.39 is 0 Å². The van der Waals surface area contributed by atoms with E-state index in [9.17, 15) is 5.11 Å². The highest BCUT2D eigenvalue weighted by Crippen LogP contribution is 2.40. The number of rotatable bonds is 4. The van der Waals surface area contributed by atoms with Gasteiger partial charge in [0.1, 0.15) is 5.75 Å². The Morgan fingerprint density at radius 1 is 1.10 bits per heavy atom. The molecule has 3 heteroatoms. The van der Waals surface area contributed by atoms with Gasteiger partial charge >= 0.3 is 0 Å². The number of β-amino-alcohol motifs (C(OH)–C–C–N with tert-alkyl or cyclic N) is 1. The Balaban J connectivity index is 1.79. The normalized spacial score (nSPS) is 23.4. The molecule has 1 aliphatic heterocycles. The minimum Gasteiger partial charge on any atom is -0.497 e. The molecule has 1 saturated heterocycles. The van der Waals surface area contributed by atoms with Crippen molar-refractivity contribution in [3.05, 3.63) is 65.7 Å². The van der Waals surface area contributed by atoms with E-state index in [2.05, 4.69) is 36.1 Å². The third-order valence-electron chi connectivity index (χ3n) is 4.36. The lowest BCUT2D eigenvalue weighted by Gasteiger charge is -2.49. The van der Waals surface area contributed by atoms with E-state index in [1.54, 1.807) is 7.11 Å². The number of methoxy groups -OCH3 is 1. The summed E-state index contributed by atoms with van der Waals surface area (Å²) < 4.78 is 5.20. The molecule has 2 aromatic rings. The Morgan fingerprint density at radius 2 is 1.76 bits per heavy atom. The first kappa shape index (κ1) is 14.1. The van der Waals surface area contributed by atoms with Crippen LogP contribution in [0.2, 0.25) is 0 Å². The van der Waals surface area contributed by atoms with E-state index in [4.69, 9.17) is 4.74 Å². The Bertz CT molecular complexity index is 582. The zero-order valence-electron chi connectivity index (χ0n) is 12.4. The first-order valence-electron chi connectivity index (χ1n) is 7.33. The van der Waals surface area contributed by atoms with Crippen molar-refractivity contribution in [2.24, 2.45) is 0 Å². The maximum atomic E-state index is 10.1. The van der Waals surface area contributed by atoms with Crippen molar-refractivity contribution in [2.75, 3.05) is 13.7 Å². The summed E-state index contributed by atoms with van der Waals surface area (Å²) in [6.45, 7) is 2.90. The van der Waals surface area contributed by atoms with Gasteiger partial charge in [-0.25, -0.2) is 0 Å². The molecule has 0 radical (unpaired) electrons. The molecular formula is C18H21NO2. The SMILES string of the molecule is COc1ccc([C@H](C)N2C[C@H](O)[C@@H]2c2ccccc2)cc1. The molecular weight excluding hydrogens is 262 g/mol. The highest BCUT2D eigenvalue weighted by Gasteiger charge is 2.41. The zero-order valence-corrected chi connectivity index (χ0v) is 12.4. The van der Waals surface area contributed by atoms with Crippen LogP contribution in [0.25, 0.3) is 0 Å². The Morgan fingerprint density at radius 3 is 2.33 bits per heavy atom. The van der Waals surface area contributed by atoms with Gasteiger partial charge in [-0.2, -0.15) is 0 Å². The van der Waals surface area contributed by atoms with E-state index in [-0.39, 0.29) is 18.2 Å². The number of ether oxygens (including phenoxy) is 1. The minimum atomic E-state index is -0.284. The number of aliphatic hydroxyl groups is 1. The number of nitrogens with zero attached hydrogens (tertiary/aromatic N) is 1. The third-order valence-corrected chi connectivity index (χ3v) is 4.36. The molecule has 0 spiro atoms. The van der Waals surface area contributed by atoms with Crippen LogP contribution < -0.4 is 4.74 Å². The van der Waals surface area contributed by atoms with Crippen LogP contribution in [0.15, 0.2) is 54.6 Å². The molecule has 0 bridgehead atoms. The predicted molar refractivity (Wildman–Crippen MR) is 83.3 cm³/mol. The predicted octanol–water partition coefficient (Wildman–Crippen LogP) is 3.17. The third kappa shape index (κ3) is 2.67. The van der Waals surface area contributed by atoms with Crippen LogP contribution in [0.3, 0.4) is 0 Å². The van der Waals surface area contributed by atoms with Gasteiger partial charge in [-0.15, -0.1) is 0 Å². The fraction of sp³-hybridized carbons (Fsp3) is 0.333. The molecule has 1 aliphatic rings. The quantitative estimate of drug-likeness (QED) is 0.935. The van der Waals surface area contributed by atoms with Gasteiger partial charge < -0.3 is 9.84 Å². The molecule has 3 rings (SSSR count). The second-order valence-electron chi connectivity index (χ2n) is 5.57. The summed E-state index contributed by atoms with van der Waals surface area (Å²) in [5, 5.41) is 10.1. The van der Waals surface area contributed by atoms with Gasteiger partial charge in [0.25, 0.3) is 0 Å². The number of benzene rings is 2. The average molecular weight is 283 g/mol. The average Bonchev–Trinajstić information content (AvgIpc) is 2.53. The molecule has 3 atom stereocenters. The Labute approximate surface area is 125 Å². The number of hydrogen-bond donors (Lipinski definition) is 1. The summed E-state index contributed by atoms with van der Waals surface area (Å²) in [5.74, 6) is 0.870. The highest BCUT2D eigenvalue weighted by atomic mass is 16.5. The molecule has 2 aromatic carbocycles. The van der Waals surface area contributed by atoms with Crippen molar-refractivity contribution >= 4 is 0 Å². The van der Waals surface area contributed by atoms with E-state index in [1.807, 2.05) is 30.3 Å². The Kier molecular flexibility index (Phi) is 3.95. The molecule has 0 aromatic heterocycles. The van der Waals surface area contributed by atoms with Crippen LogP contribution in [-0.2, 0) is 0 Å². The lowest BCUT2D eigenvalue weighted by molar-refractivity contribution is -0.0854. The lowest BCUT2D eigenvalue weighted by Crippen LogP contribution is -2.54. The fourth-order valence-corrected chi connectivity index (χ4v) is 3.05. The summed E-state index contributed by atoms with van der Waals surface area (Å²) in [6.07, 6.45) is -0.284. The largest absolute Gasteiger partial charge is 0.497 e. The van der Waals surface area contributed by atoms with Gasteiger partial charge in [-0.1, -0.05) is 42.5 Å². The van der Waals surface area contributed by atoms with Gasteiger partial charge in [0.05, 0.1) is 19.3 Å². The van der Waals surface area contributed by atoms with Gasteiger partial charge in [0.2, 0.25) is 0 Å². The summed E-state index contributed by atoms with van der Waals surface area (Å²) in [6, 6.07) is 18.7. The highest BCUT2D eigenvalue weighted by molar-refractivity contribution is 5.31. The standard InChI is InChI=1S/C18H21NO2/c1-13(14-8-10-16(21-2)11-9-14)19-12-17(20)18(19)15-6-4-3-5-7-15/h3-11,13,17-18,20H,12H2,1-2H3/t13-,17-,18-/m0/s1. The minimum absolute atomic E-state index is 0.0864. The molecule has 1 heterocycles. The number of hydrogen-bond acceptors (Lipinski definition) is 3. The van der Waals surface area contributed by atoms with E-state index in [1.165, 1.54) is 11.1 Å². The maximum absolute atomic E-state index is 10.1. The Hall–Kier alpha value is -1.84. The van der Waals surface area contributed by atoms with Crippen LogP contribution in [-0.4, -0.2) is 29.8 Å². The molecule has 1 fully saturated rings. The number of aliphatic hydroxyl groups excluding tert-OH is 1. The molecule has 0 aliphatic carbocycles. The van der Waals surface area contributed by atoms with Gasteiger partial charge in [-0.3, -0.25) is 4.90 Å². The molecule has 21 heavy (non-hydrogen) atoms. The first-order valence-corrected chi connectivity index (χ1v) is 7.33. The molecule has 0 unspecified atom stereocenters. The van der Waals surface area contributed by atoms with Crippen LogP contribution >= 0.6 is 0 Å². The van der Waals surface area contributed by atoms with Crippen molar-refractivity contribution in [3.63, 3.8) is 0 Å². The summed E-state index contributed by atoms with van der Waals surface area (Å²) in [5.41, 5.74) is 2.42. The van der Waals surface area contributed by atoms with Crippen molar-refractivity contribution in [3.8, 4) is 5.75 Å². The lowest BCUT2D eigenvalue weighted by atomic mass is 9.88. The van der Waals surface area contributed by atoms with Crippen molar-refractivity contribution < 1.29 is 9.84 Å². The molecule has 1 N–H and O–H groups in total. The first-order chi connectivity index (χ1) is 10.2. The molecule has 110 valence electrons. The smallest absolute Gasteiger partial charge is 0.118 e. The molecule has 0 saturated carbocycles. The summed E-state index contributed by atoms with van der Waals surface area (Å²) in [4.78, 5) is 2.34. The van der Waals surface area contributed by atoms with Crippen LogP contribution in [0.4, 0.5) is 0 Å². The topological polar surface area (TPSA) is 32.7 Å². The van der Waals surface area contributed by atoms with Crippen molar-refractivity contribution in [1.29, 1.82) is 0 Å². The fourth-order valence-electron chi connectivity index (χ4n) is 3.05. The van der Waals surface area contributed by atoms with Gasteiger partial charge in [0, 0.05) is 12.6 Å². The van der Waals surface area contributed by atoms with Crippen molar-refractivity contribution in [2.45, 2.75) is 25.1 Å². The second-order valence-corrected chi connectivity index (χ2v) is 5.57. The molecule has 0 amide bonds. The summed E-state index contributed by atoms with van der Waals surface area (Å²) in [7, 11) is 1.68. The van der Waals surface area contributed by atoms with Gasteiger partial charge in [0.15, 0.2) is 0 Å². The van der Waals surface area contributed by atoms with Gasteiger partial charge in [-0.05, 0) is 30.2 Å². The summed E-state index contributed by atoms with van der Waals surface area (Å²) >= 11 is 0. The monoisotopic (exact) mass is 283 g/mol. The van der Waals surface area contributed by atoms with Crippen LogP contribution in [0.5, 0.6) is 5.75 Å². The second kappa shape index (κ2) is 5.88. The van der Waals surface area contributed by atoms with E-state index in [0.717, 1.165) is 5.75 Å².